The molecule has 0 spiro atoms. The number of rotatable bonds is 5. The van der Waals surface area contributed by atoms with Gasteiger partial charge in [-0.25, -0.2) is 4.79 Å². The van der Waals surface area contributed by atoms with Crippen LogP contribution in [0, 0.1) is 0 Å². The van der Waals surface area contributed by atoms with Gasteiger partial charge in [0.15, 0.2) is 0 Å². The number of methoxy groups -OCH3 is 2. The van der Waals surface area contributed by atoms with Gasteiger partial charge in [-0.2, -0.15) is 0 Å². The van der Waals surface area contributed by atoms with E-state index in [1.54, 1.807) is 43.5 Å². The molecule has 0 heterocycles. The number of ether oxygens (including phenoxy) is 2. The topological polar surface area (TPSA) is 76.0 Å². The Bertz CT molecular complexity index is 701. The normalized spacial score (nSPS) is 11.1. The van der Waals surface area contributed by atoms with Gasteiger partial charge in [-0.05, 0) is 35.9 Å². The van der Waals surface area contributed by atoms with Gasteiger partial charge in [0.05, 0.1) is 19.8 Å². The van der Waals surface area contributed by atoms with Crippen LogP contribution in [0.5, 0.6) is 17.2 Å². The molecule has 0 aliphatic carbocycles. The van der Waals surface area contributed by atoms with E-state index in [9.17, 15) is 15.0 Å². The second-order valence-corrected chi connectivity index (χ2v) is 4.52. The van der Waals surface area contributed by atoms with Crippen molar-refractivity contribution in [2.24, 2.45) is 0 Å². The summed E-state index contributed by atoms with van der Waals surface area (Å²) in [6.07, 6.45) is 1.42. The summed E-state index contributed by atoms with van der Waals surface area (Å²) in [4.78, 5) is 11.5. The Kier molecular flexibility index (Phi) is 4.68. The summed E-state index contributed by atoms with van der Waals surface area (Å²) < 4.78 is 10.1. The van der Waals surface area contributed by atoms with Crippen molar-refractivity contribution in [3.63, 3.8) is 0 Å². The van der Waals surface area contributed by atoms with Crippen LogP contribution < -0.4 is 9.47 Å². The molecule has 22 heavy (non-hydrogen) atoms. The van der Waals surface area contributed by atoms with Crippen LogP contribution in [0.3, 0.4) is 0 Å². The van der Waals surface area contributed by atoms with Crippen LogP contribution in [-0.2, 0) is 4.79 Å². The third kappa shape index (κ3) is 3.38. The Morgan fingerprint density at radius 2 is 1.59 bits per heavy atom. The van der Waals surface area contributed by atoms with Crippen molar-refractivity contribution in [1.82, 2.24) is 0 Å². The molecule has 0 fully saturated rings. The van der Waals surface area contributed by atoms with Crippen molar-refractivity contribution in [3.8, 4) is 17.2 Å². The van der Waals surface area contributed by atoms with Crippen LogP contribution in [0.25, 0.3) is 11.6 Å². The number of aromatic hydroxyl groups is 1. The Balaban J connectivity index is 2.44. The molecule has 0 aliphatic heterocycles. The summed E-state index contributed by atoms with van der Waals surface area (Å²) in [5.74, 6) is 0.00347. The Hall–Kier alpha value is -2.95. The second-order valence-electron chi connectivity index (χ2n) is 4.52. The number of aliphatic carboxylic acids is 1. The number of carboxylic acid groups (broad SMARTS) is 1. The number of hydrogen-bond acceptors (Lipinski definition) is 4. The number of hydrogen-bond donors (Lipinski definition) is 2. The maximum absolute atomic E-state index is 11.5. The molecule has 0 saturated carbocycles. The number of carboxylic acids is 1. The lowest BCUT2D eigenvalue weighted by molar-refractivity contribution is -0.130. The zero-order chi connectivity index (χ0) is 16.1. The van der Waals surface area contributed by atoms with E-state index in [0.29, 0.717) is 22.6 Å². The molecular weight excluding hydrogens is 284 g/mol. The molecule has 5 heteroatoms. The van der Waals surface area contributed by atoms with Gasteiger partial charge in [0.25, 0.3) is 0 Å². The van der Waals surface area contributed by atoms with Gasteiger partial charge in [-0.1, -0.05) is 12.1 Å². The molecule has 0 amide bonds. The lowest BCUT2D eigenvalue weighted by Crippen LogP contribution is -1.99. The van der Waals surface area contributed by atoms with E-state index < -0.39 is 5.97 Å². The maximum atomic E-state index is 11.5. The first kappa shape index (κ1) is 15.4. The average molecular weight is 300 g/mol. The molecule has 2 N–H and O–H groups in total. The van der Waals surface area contributed by atoms with E-state index >= 15 is 0 Å². The van der Waals surface area contributed by atoms with E-state index in [1.807, 2.05) is 0 Å². The Labute approximate surface area is 128 Å². The van der Waals surface area contributed by atoms with Crippen molar-refractivity contribution in [2.45, 2.75) is 0 Å². The highest BCUT2D eigenvalue weighted by Crippen LogP contribution is 2.28. The maximum Gasteiger partial charge on any atom is 0.336 e. The minimum atomic E-state index is -1.08. The van der Waals surface area contributed by atoms with E-state index in [2.05, 4.69) is 0 Å². The SMILES string of the molecule is COc1ccc(/C(=C/c2ccc(OC)cc2O)C(=O)O)cc1. The predicted molar refractivity (Wildman–Crippen MR) is 83.2 cm³/mol. The number of phenolic OH excluding ortho intramolecular Hbond substituents is 1. The molecule has 0 unspecified atom stereocenters. The molecule has 0 radical (unpaired) electrons. The molecule has 0 aliphatic rings. The lowest BCUT2D eigenvalue weighted by Gasteiger charge is -2.07. The zero-order valence-electron chi connectivity index (χ0n) is 12.2. The fourth-order valence-corrected chi connectivity index (χ4v) is 1.97. The highest BCUT2D eigenvalue weighted by Gasteiger charge is 2.12. The van der Waals surface area contributed by atoms with Crippen molar-refractivity contribution in [2.75, 3.05) is 14.2 Å². The van der Waals surface area contributed by atoms with Crippen LogP contribution in [0.1, 0.15) is 11.1 Å². The third-order valence-electron chi connectivity index (χ3n) is 3.17. The van der Waals surface area contributed by atoms with E-state index in [1.165, 1.54) is 19.3 Å². The molecule has 2 aromatic rings. The van der Waals surface area contributed by atoms with E-state index in [-0.39, 0.29) is 11.3 Å². The highest BCUT2D eigenvalue weighted by molar-refractivity contribution is 6.20. The molecule has 114 valence electrons. The van der Waals surface area contributed by atoms with Crippen LogP contribution >= 0.6 is 0 Å². The van der Waals surface area contributed by atoms with Crippen LogP contribution in [0.4, 0.5) is 0 Å². The first-order valence-electron chi connectivity index (χ1n) is 6.51. The van der Waals surface area contributed by atoms with Gasteiger partial charge in [0.2, 0.25) is 0 Å². The number of benzene rings is 2. The quantitative estimate of drug-likeness (QED) is 0.655. The van der Waals surface area contributed by atoms with Crippen molar-refractivity contribution < 1.29 is 24.5 Å². The molecule has 5 nitrogen and oxygen atoms in total. The summed E-state index contributed by atoms with van der Waals surface area (Å²) in [6, 6.07) is 11.3. The van der Waals surface area contributed by atoms with Gasteiger partial charge < -0.3 is 19.7 Å². The van der Waals surface area contributed by atoms with Crippen LogP contribution in [0.2, 0.25) is 0 Å². The average Bonchev–Trinajstić information content (AvgIpc) is 2.53. The number of carbonyl (C=O) groups is 1. The lowest BCUT2D eigenvalue weighted by atomic mass is 10.0. The summed E-state index contributed by atoms with van der Waals surface area (Å²) in [5, 5.41) is 19.3. The largest absolute Gasteiger partial charge is 0.507 e. The van der Waals surface area contributed by atoms with Crippen molar-refractivity contribution in [3.05, 3.63) is 53.6 Å². The number of phenols is 1. The van der Waals surface area contributed by atoms with Gasteiger partial charge in [0, 0.05) is 11.6 Å². The first-order chi connectivity index (χ1) is 10.5. The fraction of sp³-hybridized carbons (Fsp3) is 0.118. The summed E-state index contributed by atoms with van der Waals surface area (Å²) in [6.45, 7) is 0. The highest BCUT2D eigenvalue weighted by atomic mass is 16.5. The van der Waals surface area contributed by atoms with Crippen LogP contribution in [-0.4, -0.2) is 30.4 Å². The summed E-state index contributed by atoms with van der Waals surface area (Å²) in [7, 11) is 3.03. The summed E-state index contributed by atoms with van der Waals surface area (Å²) in [5.41, 5.74) is 0.987. The van der Waals surface area contributed by atoms with Crippen molar-refractivity contribution >= 4 is 17.6 Å². The standard InChI is InChI=1S/C17H16O5/c1-21-13-6-3-11(4-7-13)15(17(19)20)9-12-5-8-14(22-2)10-16(12)18/h3-10,18H,1-2H3,(H,19,20)/b15-9-. The van der Waals surface area contributed by atoms with Gasteiger partial charge in [-0.15, -0.1) is 0 Å². The minimum absolute atomic E-state index is 0.0494. The Morgan fingerprint density at radius 3 is 2.09 bits per heavy atom. The Morgan fingerprint density at radius 1 is 1.00 bits per heavy atom. The minimum Gasteiger partial charge on any atom is -0.507 e. The molecule has 0 bridgehead atoms. The molecule has 2 rings (SSSR count). The predicted octanol–water partition coefficient (Wildman–Crippen LogP) is 3.03. The molecule has 0 saturated heterocycles. The fourth-order valence-electron chi connectivity index (χ4n) is 1.97. The first-order valence-corrected chi connectivity index (χ1v) is 6.51. The van der Waals surface area contributed by atoms with Gasteiger partial charge >= 0.3 is 5.97 Å². The second kappa shape index (κ2) is 6.67. The monoisotopic (exact) mass is 300 g/mol. The smallest absolute Gasteiger partial charge is 0.336 e. The molecule has 2 aromatic carbocycles. The summed E-state index contributed by atoms with van der Waals surface area (Å²) >= 11 is 0. The molecule has 0 atom stereocenters. The zero-order valence-corrected chi connectivity index (χ0v) is 12.2. The molecule has 0 aromatic heterocycles. The van der Waals surface area contributed by atoms with E-state index in [4.69, 9.17) is 9.47 Å². The van der Waals surface area contributed by atoms with Crippen molar-refractivity contribution in [1.29, 1.82) is 0 Å². The van der Waals surface area contributed by atoms with Gasteiger partial charge in [-0.3, -0.25) is 0 Å². The third-order valence-corrected chi connectivity index (χ3v) is 3.17. The van der Waals surface area contributed by atoms with E-state index in [0.717, 1.165) is 0 Å². The van der Waals surface area contributed by atoms with Crippen LogP contribution in [0.15, 0.2) is 42.5 Å². The molecular formula is C17H16O5. The van der Waals surface area contributed by atoms with Gasteiger partial charge in [0.1, 0.15) is 17.2 Å².